The highest BCUT2D eigenvalue weighted by molar-refractivity contribution is 6.39. The van der Waals surface area contributed by atoms with Crippen LogP contribution >= 0.6 is 23.2 Å². The van der Waals surface area contributed by atoms with E-state index in [1.807, 2.05) is 6.92 Å². The normalized spacial score (nSPS) is 10.2. The number of para-hydroxylation sites is 1. The predicted molar refractivity (Wildman–Crippen MR) is 82.4 cm³/mol. The molecule has 0 spiro atoms. The van der Waals surface area contributed by atoms with Gasteiger partial charge < -0.3 is 10.2 Å². The molecule has 6 heteroatoms. The highest BCUT2D eigenvalue weighted by Gasteiger charge is 2.17. The molecule has 0 heterocycles. The lowest BCUT2D eigenvalue weighted by molar-refractivity contribution is -0.121. The third-order valence-electron chi connectivity index (χ3n) is 2.72. The van der Waals surface area contributed by atoms with Crippen molar-refractivity contribution in [1.82, 2.24) is 5.32 Å². The second-order valence-electron chi connectivity index (χ2n) is 4.34. The molecule has 4 nitrogen and oxygen atoms in total. The van der Waals surface area contributed by atoms with Crippen LogP contribution in [0.2, 0.25) is 10.0 Å². The maximum atomic E-state index is 11.7. The molecular formula is C14H18Cl2N2O2. The Bertz CT molecular complexity index is 472. The average Bonchev–Trinajstić information content (AvgIpc) is 2.36. The van der Waals surface area contributed by atoms with Crippen molar-refractivity contribution in [2.45, 2.75) is 26.7 Å². The first kappa shape index (κ1) is 16.8. The Hall–Kier alpha value is -1.26. The Morgan fingerprint density at radius 1 is 1.25 bits per heavy atom. The maximum absolute atomic E-state index is 11.7. The third-order valence-corrected chi connectivity index (χ3v) is 3.33. The zero-order chi connectivity index (χ0) is 15.1. The van der Waals surface area contributed by atoms with Crippen molar-refractivity contribution in [3.05, 3.63) is 28.2 Å². The minimum Gasteiger partial charge on any atom is -0.354 e. The molecule has 0 aliphatic carbocycles. The smallest absolute Gasteiger partial charge is 0.224 e. The molecule has 0 saturated heterocycles. The van der Waals surface area contributed by atoms with E-state index in [9.17, 15) is 9.59 Å². The van der Waals surface area contributed by atoms with Crippen LogP contribution in [0.25, 0.3) is 0 Å². The Labute approximate surface area is 129 Å². The van der Waals surface area contributed by atoms with E-state index in [1.54, 1.807) is 18.2 Å². The maximum Gasteiger partial charge on any atom is 0.224 e. The molecule has 20 heavy (non-hydrogen) atoms. The fourth-order valence-electron chi connectivity index (χ4n) is 1.80. The number of amides is 2. The van der Waals surface area contributed by atoms with E-state index in [0.29, 0.717) is 35.2 Å². The number of nitrogens with one attached hydrogen (secondary N) is 1. The summed E-state index contributed by atoms with van der Waals surface area (Å²) in [5.74, 6) is -0.203. The third kappa shape index (κ3) is 4.69. The Morgan fingerprint density at radius 2 is 1.85 bits per heavy atom. The van der Waals surface area contributed by atoms with Crippen molar-refractivity contribution in [2.75, 3.05) is 18.0 Å². The van der Waals surface area contributed by atoms with Gasteiger partial charge in [-0.15, -0.1) is 0 Å². The van der Waals surface area contributed by atoms with E-state index >= 15 is 0 Å². The van der Waals surface area contributed by atoms with Gasteiger partial charge in [0.1, 0.15) is 0 Å². The number of hydrogen-bond acceptors (Lipinski definition) is 2. The first-order valence-electron chi connectivity index (χ1n) is 6.46. The molecule has 2 amide bonds. The van der Waals surface area contributed by atoms with Crippen LogP contribution in [0.3, 0.4) is 0 Å². The Balaban J connectivity index is 2.76. The molecule has 0 atom stereocenters. The lowest BCUT2D eigenvalue weighted by atomic mass is 10.2. The van der Waals surface area contributed by atoms with Crippen LogP contribution in [0, 0.1) is 0 Å². The van der Waals surface area contributed by atoms with Crippen LogP contribution < -0.4 is 10.2 Å². The van der Waals surface area contributed by atoms with Gasteiger partial charge in [-0.2, -0.15) is 0 Å². The van der Waals surface area contributed by atoms with Gasteiger partial charge in [-0.05, 0) is 18.6 Å². The molecule has 1 N–H and O–H groups in total. The van der Waals surface area contributed by atoms with Gasteiger partial charge in [-0.3, -0.25) is 9.59 Å². The van der Waals surface area contributed by atoms with Crippen LogP contribution in [-0.4, -0.2) is 24.9 Å². The largest absolute Gasteiger partial charge is 0.354 e. The van der Waals surface area contributed by atoms with Crippen molar-refractivity contribution < 1.29 is 9.59 Å². The van der Waals surface area contributed by atoms with Gasteiger partial charge in [-0.1, -0.05) is 36.2 Å². The summed E-state index contributed by atoms with van der Waals surface area (Å²) in [5, 5.41) is 3.58. The molecule has 0 aromatic heterocycles. The summed E-state index contributed by atoms with van der Waals surface area (Å²) in [7, 11) is 0. The minimum atomic E-state index is -0.176. The van der Waals surface area contributed by atoms with Gasteiger partial charge in [0, 0.05) is 26.4 Å². The SMILES string of the molecule is CCCC(=O)NCCN(C(C)=O)c1c(Cl)cccc1Cl. The molecule has 0 fully saturated rings. The zero-order valence-electron chi connectivity index (χ0n) is 11.6. The quantitative estimate of drug-likeness (QED) is 0.875. The fraction of sp³-hybridized carbons (Fsp3) is 0.429. The van der Waals surface area contributed by atoms with Crippen LogP contribution in [0.15, 0.2) is 18.2 Å². The molecule has 0 radical (unpaired) electrons. The van der Waals surface area contributed by atoms with E-state index in [2.05, 4.69) is 5.32 Å². The summed E-state index contributed by atoms with van der Waals surface area (Å²) in [6.45, 7) is 4.06. The van der Waals surface area contributed by atoms with Crippen molar-refractivity contribution >= 4 is 40.7 Å². The summed E-state index contributed by atoms with van der Waals surface area (Å²) in [4.78, 5) is 24.6. The number of carbonyl (C=O) groups excluding carboxylic acids is 2. The van der Waals surface area contributed by atoms with E-state index < -0.39 is 0 Å². The second kappa shape index (κ2) is 8.12. The molecule has 1 aromatic rings. The van der Waals surface area contributed by atoms with E-state index in [0.717, 1.165) is 6.42 Å². The lowest BCUT2D eigenvalue weighted by Crippen LogP contribution is -2.37. The summed E-state index contributed by atoms with van der Waals surface area (Å²) in [6.07, 6.45) is 1.27. The average molecular weight is 317 g/mol. The summed E-state index contributed by atoms with van der Waals surface area (Å²) in [5.41, 5.74) is 0.480. The standard InChI is InChI=1S/C14H18Cl2N2O2/c1-3-5-13(20)17-8-9-18(10(2)19)14-11(15)6-4-7-12(14)16/h4,6-7H,3,5,8-9H2,1-2H3,(H,17,20). The number of rotatable bonds is 6. The number of benzene rings is 1. The van der Waals surface area contributed by atoms with E-state index in [4.69, 9.17) is 23.2 Å². The zero-order valence-corrected chi connectivity index (χ0v) is 13.1. The molecule has 0 unspecified atom stereocenters. The minimum absolute atomic E-state index is 0.0266. The molecule has 1 aromatic carbocycles. The highest BCUT2D eigenvalue weighted by atomic mass is 35.5. The first-order chi connectivity index (χ1) is 9.47. The van der Waals surface area contributed by atoms with Crippen LogP contribution in [0.5, 0.6) is 0 Å². The lowest BCUT2D eigenvalue weighted by Gasteiger charge is -2.23. The van der Waals surface area contributed by atoms with Crippen LogP contribution in [0.1, 0.15) is 26.7 Å². The second-order valence-corrected chi connectivity index (χ2v) is 5.16. The summed E-state index contributed by atoms with van der Waals surface area (Å²) >= 11 is 12.2. The summed E-state index contributed by atoms with van der Waals surface area (Å²) in [6, 6.07) is 5.07. The monoisotopic (exact) mass is 316 g/mol. The molecule has 0 aliphatic rings. The number of halogens is 2. The van der Waals surface area contributed by atoms with Crippen molar-refractivity contribution in [3.8, 4) is 0 Å². The van der Waals surface area contributed by atoms with Gasteiger partial charge in [0.05, 0.1) is 15.7 Å². The molecule has 110 valence electrons. The molecular weight excluding hydrogens is 299 g/mol. The summed E-state index contributed by atoms with van der Waals surface area (Å²) < 4.78 is 0. The fourth-order valence-corrected chi connectivity index (χ4v) is 2.40. The first-order valence-corrected chi connectivity index (χ1v) is 7.21. The topological polar surface area (TPSA) is 49.4 Å². The number of carbonyl (C=O) groups is 2. The Morgan fingerprint density at radius 3 is 2.35 bits per heavy atom. The van der Waals surface area contributed by atoms with Gasteiger partial charge in [-0.25, -0.2) is 0 Å². The van der Waals surface area contributed by atoms with Crippen LogP contribution in [-0.2, 0) is 9.59 Å². The number of hydrogen-bond donors (Lipinski definition) is 1. The van der Waals surface area contributed by atoms with Gasteiger partial charge in [0.2, 0.25) is 11.8 Å². The Kier molecular flexibility index (Phi) is 6.82. The number of anilines is 1. The van der Waals surface area contributed by atoms with Gasteiger partial charge in [0.15, 0.2) is 0 Å². The predicted octanol–water partition coefficient (Wildman–Crippen LogP) is 3.26. The molecule has 1 rings (SSSR count). The number of nitrogens with zero attached hydrogens (tertiary/aromatic N) is 1. The molecule has 0 aliphatic heterocycles. The van der Waals surface area contributed by atoms with Gasteiger partial charge in [0.25, 0.3) is 0 Å². The van der Waals surface area contributed by atoms with Crippen molar-refractivity contribution in [3.63, 3.8) is 0 Å². The van der Waals surface area contributed by atoms with Gasteiger partial charge >= 0.3 is 0 Å². The van der Waals surface area contributed by atoms with Crippen molar-refractivity contribution in [1.29, 1.82) is 0 Å². The van der Waals surface area contributed by atoms with E-state index in [1.165, 1.54) is 11.8 Å². The van der Waals surface area contributed by atoms with E-state index in [-0.39, 0.29) is 11.8 Å². The van der Waals surface area contributed by atoms with Crippen LogP contribution in [0.4, 0.5) is 5.69 Å². The molecule has 0 bridgehead atoms. The highest BCUT2D eigenvalue weighted by Crippen LogP contribution is 2.33. The van der Waals surface area contributed by atoms with Crippen molar-refractivity contribution in [2.24, 2.45) is 0 Å². The molecule has 0 saturated carbocycles.